The number of hydrogen-bond acceptors (Lipinski definition) is 6. The van der Waals surface area contributed by atoms with Crippen LogP contribution in [0.1, 0.15) is 40.0 Å². The number of aliphatic hydroxyl groups is 1. The zero-order valence-corrected chi connectivity index (χ0v) is 11.3. The molecule has 0 bridgehead atoms. The number of hydrogen-bond donors (Lipinski definition) is 2. The molecule has 1 unspecified atom stereocenters. The Hall–Kier alpha value is -1.63. The van der Waals surface area contributed by atoms with Crippen LogP contribution in [0.3, 0.4) is 0 Å². The minimum Gasteiger partial charge on any atom is -0.481 e. The third-order valence-corrected chi connectivity index (χ3v) is 2.04. The van der Waals surface area contributed by atoms with Gasteiger partial charge in [0.05, 0.1) is 25.4 Å². The Morgan fingerprint density at radius 2 is 1.32 bits per heavy atom. The van der Waals surface area contributed by atoms with Crippen LogP contribution in [-0.2, 0) is 23.9 Å². The van der Waals surface area contributed by atoms with Gasteiger partial charge in [-0.25, -0.2) is 0 Å². The highest BCUT2D eigenvalue weighted by molar-refractivity contribution is 5.73. The summed E-state index contributed by atoms with van der Waals surface area (Å²) in [6, 6.07) is 0. The van der Waals surface area contributed by atoms with Crippen LogP contribution in [-0.4, -0.2) is 46.4 Å². The van der Waals surface area contributed by atoms with Crippen molar-refractivity contribution in [1.82, 2.24) is 0 Å². The first-order chi connectivity index (χ1) is 8.70. The Morgan fingerprint density at radius 3 is 1.74 bits per heavy atom. The van der Waals surface area contributed by atoms with Crippen molar-refractivity contribution in [3.63, 3.8) is 0 Å². The van der Waals surface area contributed by atoms with Gasteiger partial charge < -0.3 is 19.7 Å². The fourth-order valence-corrected chi connectivity index (χ4v) is 1.35. The maximum absolute atomic E-state index is 11.4. The molecule has 0 saturated carbocycles. The normalized spacial score (nSPS) is 15.2. The summed E-state index contributed by atoms with van der Waals surface area (Å²) in [6.45, 7) is 4.44. The number of esters is 2. The maximum atomic E-state index is 11.4. The van der Waals surface area contributed by atoms with Gasteiger partial charge in [0.2, 0.25) is 0 Å². The van der Waals surface area contributed by atoms with Crippen molar-refractivity contribution >= 4 is 17.9 Å². The smallest absolute Gasteiger partial charge is 0.309 e. The average molecular weight is 276 g/mol. The van der Waals surface area contributed by atoms with Crippen LogP contribution in [0.15, 0.2) is 0 Å². The molecule has 0 amide bonds. The molecule has 0 aromatic rings. The van der Waals surface area contributed by atoms with E-state index in [2.05, 4.69) is 0 Å². The van der Waals surface area contributed by atoms with Gasteiger partial charge in [-0.05, 0) is 20.8 Å². The number of carbonyl (C=O) groups is 3. The van der Waals surface area contributed by atoms with E-state index in [4.69, 9.17) is 19.7 Å². The van der Waals surface area contributed by atoms with Gasteiger partial charge in [-0.1, -0.05) is 0 Å². The van der Waals surface area contributed by atoms with Gasteiger partial charge in [-0.2, -0.15) is 0 Å². The largest absolute Gasteiger partial charge is 0.481 e. The zero-order chi connectivity index (χ0) is 15.0. The summed E-state index contributed by atoms with van der Waals surface area (Å²) in [7, 11) is 0. The third kappa shape index (κ3) is 10.0. The Morgan fingerprint density at radius 1 is 0.895 bits per heavy atom. The lowest BCUT2D eigenvalue weighted by Gasteiger charge is -2.15. The second kappa shape index (κ2) is 8.47. The second-order valence-electron chi connectivity index (χ2n) is 4.46. The van der Waals surface area contributed by atoms with E-state index in [1.165, 1.54) is 20.8 Å². The quantitative estimate of drug-likeness (QED) is 0.620. The van der Waals surface area contributed by atoms with Crippen molar-refractivity contribution in [1.29, 1.82) is 0 Å². The van der Waals surface area contributed by atoms with E-state index in [1.807, 2.05) is 0 Å². The minimum atomic E-state index is -1.06. The summed E-state index contributed by atoms with van der Waals surface area (Å²) in [5.74, 6) is -2.29. The molecule has 0 fully saturated rings. The van der Waals surface area contributed by atoms with Gasteiger partial charge in [0, 0.05) is 0 Å². The number of carboxylic acid groups (broad SMARTS) is 1. The molecule has 0 aliphatic carbocycles. The highest BCUT2D eigenvalue weighted by Gasteiger charge is 2.18. The monoisotopic (exact) mass is 276 g/mol. The maximum Gasteiger partial charge on any atom is 0.309 e. The Bertz CT molecular complexity index is 324. The highest BCUT2D eigenvalue weighted by Crippen LogP contribution is 2.06. The predicted octanol–water partition coefficient (Wildman–Crippen LogP) is 0.486. The molecule has 7 nitrogen and oxygen atoms in total. The van der Waals surface area contributed by atoms with E-state index in [-0.39, 0.29) is 19.3 Å². The molecule has 0 spiro atoms. The molecule has 0 aromatic carbocycles. The van der Waals surface area contributed by atoms with Crippen LogP contribution in [0.5, 0.6) is 0 Å². The van der Waals surface area contributed by atoms with Gasteiger partial charge in [0.25, 0.3) is 0 Å². The molecule has 0 radical (unpaired) electrons. The van der Waals surface area contributed by atoms with Gasteiger partial charge in [0.15, 0.2) is 0 Å². The van der Waals surface area contributed by atoms with Gasteiger partial charge in [-0.15, -0.1) is 0 Å². The molecular formula is C12H20O7. The number of aliphatic carboxylic acids is 1. The Balaban J connectivity index is 3.98. The number of aliphatic hydroxyl groups excluding tert-OH is 1. The molecule has 2 N–H and O–H groups in total. The molecular weight excluding hydrogens is 256 g/mol. The minimum absolute atomic E-state index is 0.144. The molecule has 0 aromatic heterocycles. The van der Waals surface area contributed by atoms with Crippen LogP contribution in [0.4, 0.5) is 0 Å². The van der Waals surface area contributed by atoms with Crippen molar-refractivity contribution in [2.45, 2.75) is 58.3 Å². The number of ether oxygens (including phenoxy) is 2. The first kappa shape index (κ1) is 17.4. The third-order valence-electron chi connectivity index (χ3n) is 2.04. The van der Waals surface area contributed by atoms with Crippen molar-refractivity contribution < 1.29 is 34.1 Å². The van der Waals surface area contributed by atoms with E-state index >= 15 is 0 Å². The fourth-order valence-electron chi connectivity index (χ4n) is 1.35. The van der Waals surface area contributed by atoms with E-state index in [1.54, 1.807) is 0 Å². The number of carboxylic acids is 1. The standard InChI is InChI=1S/C12H20O7/c1-7(13)4-11(16)19-9(3)6-12(17)18-8(2)5-10(14)15/h7-9,13H,4-6H2,1-3H3,(H,14,15)/t7-,8-,9?/m1/s1. The van der Waals surface area contributed by atoms with E-state index in [0.29, 0.717) is 0 Å². The molecule has 0 aliphatic rings. The van der Waals surface area contributed by atoms with Crippen LogP contribution in [0.25, 0.3) is 0 Å². The van der Waals surface area contributed by atoms with Crippen molar-refractivity contribution in [2.75, 3.05) is 0 Å². The predicted molar refractivity (Wildman–Crippen MR) is 64.3 cm³/mol. The van der Waals surface area contributed by atoms with Crippen LogP contribution in [0, 0.1) is 0 Å². The van der Waals surface area contributed by atoms with Crippen LogP contribution < -0.4 is 0 Å². The first-order valence-electron chi connectivity index (χ1n) is 5.99. The molecule has 0 heterocycles. The Kier molecular flexibility index (Phi) is 7.74. The summed E-state index contributed by atoms with van der Waals surface area (Å²) < 4.78 is 9.71. The zero-order valence-electron chi connectivity index (χ0n) is 11.3. The number of rotatable bonds is 8. The summed E-state index contributed by atoms with van der Waals surface area (Å²) in [4.78, 5) is 33.0. The second-order valence-corrected chi connectivity index (χ2v) is 4.46. The lowest BCUT2D eigenvalue weighted by Crippen LogP contribution is -2.24. The summed E-state index contributed by atoms with van der Waals surface area (Å²) in [6.07, 6.45) is -2.80. The van der Waals surface area contributed by atoms with Gasteiger partial charge in [-0.3, -0.25) is 14.4 Å². The summed E-state index contributed by atoms with van der Waals surface area (Å²) >= 11 is 0. The van der Waals surface area contributed by atoms with Gasteiger partial charge in [0.1, 0.15) is 12.2 Å². The fraction of sp³-hybridized carbons (Fsp3) is 0.750. The lowest BCUT2D eigenvalue weighted by atomic mass is 10.2. The Labute approximate surface area is 111 Å². The van der Waals surface area contributed by atoms with E-state index < -0.39 is 36.2 Å². The molecule has 0 rings (SSSR count). The molecule has 110 valence electrons. The van der Waals surface area contributed by atoms with Crippen molar-refractivity contribution in [3.8, 4) is 0 Å². The van der Waals surface area contributed by atoms with Crippen LogP contribution >= 0.6 is 0 Å². The molecule has 3 atom stereocenters. The molecule has 7 heteroatoms. The van der Waals surface area contributed by atoms with Gasteiger partial charge >= 0.3 is 17.9 Å². The summed E-state index contributed by atoms with van der Waals surface area (Å²) in [5.41, 5.74) is 0. The topological polar surface area (TPSA) is 110 Å². The van der Waals surface area contributed by atoms with Crippen molar-refractivity contribution in [2.24, 2.45) is 0 Å². The molecule has 0 aliphatic heterocycles. The summed E-state index contributed by atoms with van der Waals surface area (Å²) in [5, 5.41) is 17.5. The van der Waals surface area contributed by atoms with Crippen LogP contribution in [0.2, 0.25) is 0 Å². The van der Waals surface area contributed by atoms with E-state index in [0.717, 1.165) is 0 Å². The molecule has 19 heavy (non-hydrogen) atoms. The van der Waals surface area contributed by atoms with Crippen molar-refractivity contribution in [3.05, 3.63) is 0 Å². The first-order valence-corrected chi connectivity index (χ1v) is 5.99. The highest BCUT2D eigenvalue weighted by atomic mass is 16.6. The molecule has 0 saturated heterocycles. The number of carbonyl (C=O) groups excluding carboxylic acids is 2. The lowest BCUT2D eigenvalue weighted by molar-refractivity contribution is -0.158. The SMILES string of the molecule is CC(CC(=O)O[C@H](C)CC(=O)O)OC(=O)C[C@@H](C)O. The van der Waals surface area contributed by atoms with E-state index in [9.17, 15) is 14.4 Å². The average Bonchev–Trinajstić information content (AvgIpc) is 2.12.